The molecule has 1 N–H and O–H groups in total. The third-order valence-corrected chi connectivity index (χ3v) is 4.71. The topological polar surface area (TPSA) is 30.5 Å². The third-order valence-electron chi connectivity index (χ3n) is 4.71. The van der Waals surface area contributed by atoms with Crippen LogP contribution in [0.2, 0.25) is 0 Å². The largest absolute Gasteiger partial charge is 0.454 e. The summed E-state index contributed by atoms with van der Waals surface area (Å²) in [5, 5.41) is 3.71. The smallest absolute Gasteiger partial charge is 0.231 e. The van der Waals surface area contributed by atoms with Crippen molar-refractivity contribution in [1.82, 2.24) is 5.32 Å². The number of rotatable bonds is 3. The van der Waals surface area contributed by atoms with Crippen molar-refractivity contribution in [3.63, 3.8) is 0 Å². The van der Waals surface area contributed by atoms with Gasteiger partial charge in [0, 0.05) is 12.6 Å². The summed E-state index contributed by atoms with van der Waals surface area (Å²) in [4.78, 5) is 0. The van der Waals surface area contributed by atoms with Crippen LogP contribution in [0.25, 0.3) is 0 Å². The Bertz CT molecular complexity index is 446. The van der Waals surface area contributed by atoms with Crippen LogP contribution < -0.4 is 14.8 Å². The maximum atomic E-state index is 5.42. The fourth-order valence-electron chi connectivity index (χ4n) is 3.17. The molecule has 0 saturated heterocycles. The number of hydrogen-bond donors (Lipinski definition) is 1. The maximum absolute atomic E-state index is 5.42. The van der Waals surface area contributed by atoms with Crippen LogP contribution in [-0.2, 0) is 6.54 Å². The van der Waals surface area contributed by atoms with Gasteiger partial charge >= 0.3 is 0 Å². The van der Waals surface area contributed by atoms with Crippen LogP contribution in [0.1, 0.15) is 38.7 Å². The highest BCUT2D eigenvalue weighted by Crippen LogP contribution is 2.33. The van der Waals surface area contributed by atoms with E-state index in [-0.39, 0.29) is 0 Å². The molecule has 3 heteroatoms. The molecule has 1 aromatic carbocycles. The summed E-state index contributed by atoms with van der Waals surface area (Å²) in [5.74, 6) is 3.35. The molecule has 1 aromatic rings. The minimum absolute atomic E-state index is 0.351. The summed E-state index contributed by atoms with van der Waals surface area (Å²) in [6, 6.07) is 6.87. The van der Waals surface area contributed by atoms with E-state index in [1.54, 1.807) is 0 Å². The predicted molar refractivity (Wildman–Crippen MR) is 75.4 cm³/mol. The van der Waals surface area contributed by atoms with E-state index >= 15 is 0 Å². The van der Waals surface area contributed by atoms with E-state index in [2.05, 4.69) is 31.3 Å². The van der Waals surface area contributed by atoms with E-state index in [0.717, 1.165) is 29.9 Å². The molecule has 0 aromatic heterocycles. The van der Waals surface area contributed by atoms with Crippen LogP contribution in [0.5, 0.6) is 11.5 Å². The summed E-state index contributed by atoms with van der Waals surface area (Å²) in [6.07, 6.45) is 4.03. The predicted octanol–water partition coefficient (Wildman–Crippen LogP) is 3.33. The Morgan fingerprint density at radius 2 is 2.00 bits per heavy atom. The van der Waals surface area contributed by atoms with Gasteiger partial charge in [0.2, 0.25) is 6.79 Å². The normalized spacial score (nSPS) is 29.5. The van der Waals surface area contributed by atoms with Crippen molar-refractivity contribution in [2.24, 2.45) is 11.8 Å². The second-order valence-electron chi connectivity index (χ2n) is 5.94. The maximum Gasteiger partial charge on any atom is 0.231 e. The lowest BCUT2D eigenvalue weighted by Crippen LogP contribution is -2.40. The Morgan fingerprint density at radius 1 is 1.16 bits per heavy atom. The molecule has 1 fully saturated rings. The highest BCUT2D eigenvalue weighted by molar-refractivity contribution is 5.44. The van der Waals surface area contributed by atoms with Crippen LogP contribution in [0, 0.1) is 11.8 Å². The van der Waals surface area contributed by atoms with Crippen molar-refractivity contribution in [3.8, 4) is 11.5 Å². The van der Waals surface area contributed by atoms with Crippen molar-refractivity contribution in [1.29, 1.82) is 0 Å². The molecule has 3 nitrogen and oxygen atoms in total. The van der Waals surface area contributed by atoms with E-state index in [0.29, 0.717) is 12.8 Å². The molecule has 0 amide bonds. The Kier molecular flexibility index (Phi) is 3.65. The molecule has 0 spiro atoms. The molecule has 19 heavy (non-hydrogen) atoms. The molecule has 1 saturated carbocycles. The van der Waals surface area contributed by atoms with Gasteiger partial charge in [-0.15, -0.1) is 0 Å². The molecule has 0 radical (unpaired) electrons. The number of fused-ring (bicyclic) bond motifs is 1. The van der Waals surface area contributed by atoms with Crippen molar-refractivity contribution in [3.05, 3.63) is 23.8 Å². The van der Waals surface area contributed by atoms with Gasteiger partial charge in [-0.1, -0.05) is 32.8 Å². The van der Waals surface area contributed by atoms with Crippen molar-refractivity contribution in [2.45, 2.75) is 45.7 Å². The molecule has 3 atom stereocenters. The zero-order chi connectivity index (χ0) is 13.2. The van der Waals surface area contributed by atoms with E-state index in [1.165, 1.54) is 24.8 Å². The fourth-order valence-corrected chi connectivity index (χ4v) is 3.17. The van der Waals surface area contributed by atoms with Crippen molar-refractivity contribution in [2.75, 3.05) is 6.79 Å². The van der Waals surface area contributed by atoms with Crippen molar-refractivity contribution >= 4 is 0 Å². The molecule has 1 aliphatic heterocycles. The quantitative estimate of drug-likeness (QED) is 0.905. The standard InChI is InChI=1S/C16H23NO2/c1-11-4-3-5-14(12(11)2)17-9-13-6-7-15-16(8-13)19-10-18-15/h6-8,11-12,14,17H,3-5,9-10H2,1-2H3. The summed E-state index contributed by atoms with van der Waals surface area (Å²) in [6.45, 7) is 6.02. The highest BCUT2D eigenvalue weighted by Gasteiger charge is 2.26. The van der Waals surface area contributed by atoms with Gasteiger partial charge in [0.25, 0.3) is 0 Å². The minimum Gasteiger partial charge on any atom is -0.454 e. The molecule has 1 heterocycles. The monoisotopic (exact) mass is 261 g/mol. The van der Waals surface area contributed by atoms with Gasteiger partial charge in [-0.3, -0.25) is 0 Å². The molecule has 1 aliphatic carbocycles. The van der Waals surface area contributed by atoms with Crippen LogP contribution in [0.15, 0.2) is 18.2 Å². The lowest BCUT2D eigenvalue weighted by Gasteiger charge is -2.34. The van der Waals surface area contributed by atoms with Gasteiger partial charge in [-0.2, -0.15) is 0 Å². The second kappa shape index (κ2) is 5.41. The van der Waals surface area contributed by atoms with E-state index < -0.39 is 0 Å². The summed E-state index contributed by atoms with van der Waals surface area (Å²) in [7, 11) is 0. The van der Waals surface area contributed by atoms with Gasteiger partial charge in [-0.05, 0) is 36.0 Å². The average molecular weight is 261 g/mol. The number of benzene rings is 1. The molecule has 3 rings (SSSR count). The van der Waals surface area contributed by atoms with E-state index in [4.69, 9.17) is 9.47 Å². The van der Waals surface area contributed by atoms with Gasteiger partial charge in [-0.25, -0.2) is 0 Å². The first-order valence-corrected chi connectivity index (χ1v) is 7.36. The Hall–Kier alpha value is -1.22. The van der Waals surface area contributed by atoms with Crippen LogP contribution in [-0.4, -0.2) is 12.8 Å². The zero-order valence-corrected chi connectivity index (χ0v) is 11.8. The Balaban J connectivity index is 1.60. The summed E-state index contributed by atoms with van der Waals surface area (Å²) >= 11 is 0. The van der Waals surface area contributed by atoms with Gasteiger partial charge in [0.15, 0.2) is 11.5 Å². The molecule has 3 unspecified atom stereocenters. The van der Waals surface area contributed by atoms with E-state index in [9.17, 15) is 0 Å². The highest BCUT2D eigenvalue weighted by atomic mass is 16.7. The number of hydrogen-bond acceptors (Lipinski definition) is 3. The zero-order valence-electron chi connectivity index (χ0n) is 11.8. The first kappa shape index (κ1) is 12.8. The molecule has 104 valence electrons. The second-order valence-corrected chi connectivity index (χ2v) is 5.94. The Labute approximate surface area is 115 Å². The number of nitrogens with one attached hydrogen (secondary N) is 1. The van der Waals surface area contributed by atoms with Crippen LogP contribution in [0.4, 0.5) is 0 Å². The molecule has 0 bridgehead atoms. The van der Waals surface area contributed by atoms with Gasteiger partial charge in [0.05, 0.1) is 0 Å². The third kappa shape index (κ3) is 2.71. The first-order chi connectivity index (χ1) is 9.24. The number of ether oxygens (including phenoxy) is 2. The average Bonchev–Trinajstić information content (AvgIpc) is 2.88. The molecular weight excluding hydrogens is 238 g/mol. The molecule has 2 aliphatic rings. The van der Waals surface area contributed by atoms with Crippen molar-refractivity contribution < 1.29 is 9.47 Å². The lowest BCUT2D eigenvalue weighted by molar-refractivity contribution is 0.174. The van der Waals surface area contributed by atoms with Gasteiger partial charge in [0.1, 0.15) is 0 Å². The fraction of sp³-hybridized carbons (Fsp3) is 0.625. The Morgan fingerprint density at radius 3 is 2.89 bits per heavy atom. The molecular formula is C16H23NO2. The van der Waals surface area contributed by atoms with Crippen LogP contribution >= 0.6 is 0 Å². The summed E-state index contributed by atoms with van der Waals surface area (Å²) in [5.41, 5.74) is 1.27. The van der Waals surface area contributed by atoms with Crippen LogP contribution in [0.3, 0.4) is 0 Å². The van der Waals surface area contributed by atoms with E-state index in [1.807, 2.05) is 6.07 Å². The van der Waals surface area contributed by atoms with Gasteiger partial charge < -0.3 is 14.8 Å². The first-order valence-electron chi connectivity index (χ1n) is 7.36. The SMILES string of the molecule is CC1CCCC(NCc2ccc3c(c2)OCO3)C1C. The lowest BCUT2D eigenvalue weighted by atomic mass is 9.78. The summed E-state index contributed by atoms with van der Waals surface area (Å²) < 4.78 is 10.8. The minimum atomic E-state index is 0.351.